The number of rotatable bonds is 3. The van der Waals surface area contributed by atoms with Crippen molar-refractivity contribution in [3.8, 4) is 0 Å². The Kier molecular flexibility index (Phi) is 4.37. The lowest BCUT2D eigenvalue weighted by atomic mass is 9.88. The minimum absolute atomic E-state index is 0.196. The molecule has 0 spiro atoms. The van der Waals surface area contributed by atoms with Crippen molar-refractivity contribution in [2.45, 2.75) is 31.6 Å². The predicted octanol–water partition coefficient (Wildman–Crippen LogP) is 3.07. The molecule has 3 aliphatic rings. The third kappa shape index (κ3) is 3.10. The average Bonchev–Trinajstić information content (AvgIpc) is 3.35. The van der Waals surface area contributed by atoms with E-state index in [2.05, 4.69) is 28.1 Å². The number of hydrogen-bond donors (Lipinski definition) is 0. The Morgan fingerprint density at radius 2 is 1.71 bits per heavy atom. The molecule has 0 aromatic heterocycles. The molecule has 0 unspecified atom stereocenters. The molecule has 126 valence electrons. The first-order valence-electron chi connectivity index (χ1n) is 9.14. The molecular weight excluding hydrogens is 298 g/mol. The fraction of sp³-hybridized carbons (Fsp3) is 0.500. The summed E-state index contributed by atoms with van der Waals surface area (Å²) < 4.78 is 0. The van der Waals surface area contributed by atoms with Gasteiger partial charge in [0.05, 0.1) is 6.54 Å². The molecule has 1 amide bonds. The van der Waals surface area contributed by atoms with Crippen molar-refractivity contribution >= 4 is 12.1 Å². The van der Waals surface area contributed by atoms with Crippen molar-refractivity contribution in [1.29, 1.82) is 0 Å². The summed E-state index contributed by atoms with van der Waals surface area (Å²) in [5.74, 6) is 0.808. The molecule has 1 aromatic carbocycles. The van der Waals surface area contributed by atoms with Crippen LogP contribution in [0.5, 0.6) is 0 Å². The Bertz CT molecular complexity index is 648. The Labute approximate surface area is 143 Å². The Balaban J connectivity index is 1.36. The predicted molar refractivity (Wildman–Crippen MR) is 96.6 cm³/mol. The van der Waals surface area contributed by atoms with Crippen LogP contribution in [0.15, 0.2) is 41.0 Å². The van der Waals surface area contributed by atoms with E-state index in [1.54, 1.807) is 0 Å². The van der Waals surface area contributed by atoms with Gasteiger partial charge in [-0.2, -0.15) is 0 Å². The SMILES string of the molecule is O=C(c1ccc(C2CCN(C3=CC=NC3)CC2)cc1)N1CCCC1. The van der Waals surface area contributed by atoms with E-state index in [1.165, 1.54) is 24.1 Å². The zero-order valence-corrected chi connectivity index (χ0v) is 14.2. The van der Waals surface area contributed by atoms with Crippen LogP contribution in [0.2, 0.25) is 0 Å². The maximum atomic E-state index is 12.4. The van der Waals surface area contributed by atoms with Crippen molar-refractivity contribution in [3.05, 3.63) is 47.2 Å². The number of carbonyl (C=O) groups is 1. The quantitative estimate of drug-likeness (QED) is 0.857. The zero-order chi connectivity index (χ0) is 16.4. The van der Waals surface area contributed by atoms with Crippen molar-refractivity contribution in [3.63, 3.8) is 0 Å². The van der Waals surface area contributed by atoms with E-state index in [0.717, 1.165) is 51.1 Å². The van der Waals surface area contributed by atoms with E-state index in [-0.39, 0.29) is 5.91 Å². The molecule has 2 fully saturated rings. The van der Waals surface area contributed by atoms with Crippen LogP contribution >= 0.6 is 0 Å². The van der Waals surface area contributed by atoms with Gasteiger partial charge < -0.3 is 9.80 Å². The largest absolute Gasteiger partial charge is 0.373 e. The van der Waals surface area contributed by atoms with Gasteiger partial charge in [-0.05, 0) is 55.4 Å². The number of hydrogen-bond acceptors (Lipinski definition) is 3. The first-order valence-corrected chi connectivity index (χ1v) is 9.14. The van der Waals surface area contributed by atoms with Gasteiger partial charge in [0.2, 0.25) is 0 Å². The summed E-state index contributed by atoms with van der Waals surface area (Å²) in [5, 5.41) is 0. The molecule has 0 atom stereocenters. The fourth-order valence-corrected chi connectivity index (χ4v) is 4.04. The van der Waals surface area contributed by atoms with E-state index < -0.39 is 0 Å². The molecule has 3 heterocycles. The van der Waals surface area contributed by atoms with E-state index in [9.17, 15) is 4.79 Å². The molecular formula is C20H25N3O. The van der Waals surface area contributed by atoms with Crippen LogP contribution in [0, 0.1) is 0 Å². The number of allylic oxidation sites excluding steroid dienone is 1. The maximum Gasteiger partial charge on any atom is 0.253 e. The van der Waals surface area contributed by atoms with E-state index in [0.29, 0.717) is 5.92 Å². The number of piperidine rings is 1. The van der Waals surface area contributed by atoms with E-state index in [1.807, 2.05) is 23.2 Å². The van der Waals surface area contributed by atoms with Crippen LogP contribution < -0.4 is 0 Å². The third-order valence-electron chi connectivity index (χ3n) is 5.55. The molecule has 1 aromatic rings. The van der Waals surface area contributed by atoms with E-state index in [4.69, 9.17) is 0 Å². The van der Waals surface area contributed by atoms with Gasteiger partial charge in [-0.15, -0.1) is 0 Å². The van der Waals surface area contributed by atoms with Crippen LogP contribution in [0.4, 0.5) is 0 Å². The van der Waals surface area contributed by atoms with Crippen molar-refractivity contribution in [2.24, 2.45) is 4.99 Å². The smallest absolute Gasteiger partial charge is 0.253 e. The highest BCUT2D eigenvalue weighted by Crippen LogP contribution is 2.30. The summed E-state index contributed by atoms with van der Waals surface area (Å²) in [6, 6.07) is 8.38. The van der Waals surface area contributed by atoms with Gasteiger partial charge in [-0.25, -0.2) is 0 Å². The minimum Gasteiger partial charge on any atom is -0.373 e. The van der Waals surface area contributed by atoms with Gasteiger partial charge in [0.1, 0.15) is 0 Å². The monoisotopic (exact) mass is 323 g/mol. The highest BCUT2D eigenvalue weighted by atomic mass is 16.2. The van der Waals surface area contributed by atoms with Crippen LogP contribution in [-0.2, 0) is 0 Å². The van der Waals surface area contributed by atoms with Crippen LogP contribution in [0.25, 0.3) is 0 Å². The zero-order valence-electron chi connectivity index (χ0n) is 14.2. The Morgan fingerprint density at radius 3 is 2.33 bits per heavy atom. The number of amides is 1. The van der Waals surface area contributed by atoms with Crippen molar-refractivity contribution in [1.82, 2.24) is 9.80 Å². The van der Waals surface area contributed by atoms with Crippen molar-refractivity contribution < 1.29 is 4.79 Å². The van der Waals surface area contributed by atoms with Gasteiger partial charge in [-0.1, -0.05) is 12.1 Å². The summed E-state index contributed by atoms with van der Waals surface area (Å²) in [7, 11) is 0. The van der Waals surface area contributed by atoms with E-state index >= 15 is 0 Å². The molecule has 4 heteroatoms. The molecule has 0 N–H and O–H groups in total. The number of nitrogens with zero attached hydrogens (tertiary/aromatic N) is 3. The fourth-order valence-electron chi connectivity index (χ4n) is 4.04. The van der Waals surface area contributed by atoms with Crippen LogP contribution in [0.3, 0.4) is 0 Å². The summed E-state index contributed by atoms with van der Waals surface area (Å²) in [6.07, 6.45) is 8.69. The molecule has 0 saturated carbocycles. The standard InChI is InChI=1S/C20H25N3O/c24-20(23-11-1-2-12-23)18-5-3-16(4-6-18)17-8-13-22(14-9-17)19-7-10-21-15-19/h3-7,10,17H,1-2,8-9,11-15H2. The van der Waals surface area contributed by atoms with Gasteiger partial charge in [0.25, 0.3) is 5.91 Å². The summed E-state index contributed by atoms with van der Waals surface area (Å²) in [4.78, 5) is 21.2. The first kappa shape index (κ1) is 15.4. The van der Waals surface area contributed by atoms with Crippen LogP contribution in [-0.4, -0.2) is 54.6 Å². The second kappa shape index (κ2) is 6.80. The number of aliphatic imine (C=N–C) groups is 1. The number of likely N-dealkylation sites (tertiary alicyclic amines) is 2. The molecule has 4 nitrogen and oxygen atoms in total. The lowest BCUT2D eigenvalue weighted by Gasteiger charge is -2.34. The molecule has 0 bridgehead atoms. The average molecular weight is 323 g/mol. The summed E-state index contributed by atoms with van der Waals surface area (Å²) in [6.45, 7) is 4.89. The Morgan fingerprint density at radius 1 is 1.00 bits per heavy atom. The highest BCUT2D eigenvalue weighted by Gasteiger charge is 2.23. The van der Waals surface area contributed by atoms with Crippen LogP contribution in [0.1, 0.15) is 47.5 Å². The third-order valence-corrected chi connectivity index (χ3v) is 5.55. The highest BCUT2D eigenvalue weighted by molar-refractivity contribution is 5.94. The normalized spacial score (nSPS) is 21.4. The molecule has 0 radical (unpaired) electrons. The molecule has 2 saturated heterocycles. The molecule has 24 heavy (non-hydrogen) atoms. The molecule has 4 rings (SSSR count). The number of carbonyl (C=O) groups excluding carboxylic acids is 1. The van der Waals surface area contributed by atoms with Gasteiger partial charge in [-0.3, -0.25) is 9.79 Å². The molecule has 0 aliphatic carbocycles. The summed E-state index contributed by atoms with van der Waals surface area (Å²) >= 11 is 0. The summed E-state index contributed by atoms with van der Waals surface area (Å²) in [5.41, 5.74) is 3.58. The lowest BCUT2D eigenvalue weighted by Crippen LogP contribution is -2.32. The minimum atomic E-state index is 0.196. The number of benzene rings is 1. The van der Waals surface area contributed by atoms with Crippen molar-refractivity contribution in [2.75, 3.05) is 32.7 Å². The molecule has 3 aliphatic heterocycles. The Hall–Kier alpha value is -2.10. The maximum absolute atomic E-state index is 12.4. The topological polar surface area (TPSA) is 35.9 Å². The first-order chi connectivity index (χ1) is 11.8. The van der Waals surface area contributed by atoms with Gasteiger partial charge in [0.15, 0.2) is 0 Å². The second-order valence-electron chi connectivity index (χ2n) is 7.03. The van der Waals surface area contributed by atoms with Gasteiger partial charge in [0, 0.05) is 43.7 Å². The lowest BCUT2D eigenvalue weighted by molar-refractivity contribution is 0.0793. The second-order valence-corrected chi connectivity index (χ2v) is 7.03. The van der Waals surface area contributed by atoms with Gasteiger partial charge >= 0.3 is 0 Å².